The summed E-state index contributed by atoms with van der Waals surface area (Å²) in [6, 6.07) is 8.77. The summed E-state index contributed by atoms with van der Waals surface area (Å²) in [5.74, 6) is -0.0637. The Kier molecular flexibility index (Phi) is 8.80. The topological polar surface area (TPSA) is 82.4 Å². The molecule has 0 heterocycles. The van der Waals surface area contributed by atoms with Gasteiger partial charge in [-0.15, -0.1) is 0 Å². The van der Waals surface area contributed by atoms with E-state index >= 15 is 0 Å². The van der Waals surface area contributed by atoms with Gasteiger partial charge in [0.1, 0.15) is 6.04 Å². The van der Waals surface area contributed by atoms with Gasteiger partial charge >= 0.3 is 6.09 Å². The van der Waals surface area contributed by atoms with E-state index in [1.807, 2.05) is 30.9 Å². The number of hydrogen-bond donors (Lipinski definition) is 1. The molecular weight excluding hydrogens is 354 g/mol. The summed E-state index contributed by atoms with van der Waals surface area (Å²) < 4.78 is 5.21. The van der Waals surface area contributed by atoms with Crippen molar-refractivity contribution in [1.82, 2.24) is 10.2 Å². The first-order chi connectivity index (χ1) is 13.6. The van der Waals surface area contributed by atoms with Crippen LogP contribution >= 0.6 is 0 Å². The van der Waals surface area contributed by atoms with Crippen molar-refractivity contribution in [3.63, 3.8) is 0 Å². The van der Waals surface area contributed by atoms with Crippen LogP contribution in [0.5, 0.6) is 0 Å². The molecule has 1 aromatic rings. The minimum Gasteiger partial charge on any atom is -0.450 e. The maximum Gasteiger partial charge on any atom is 0.407 e. The van der Waals surface area contributed by atoms with Crippen molar-refractivity contribution >= 4 is 12.0 Å². The summed E-state index contributed by atoms with van der Waals surface area (Å²) in [5, 5.41) is 11.7. The molecule has 2 rings (SSSR count). The van der Waals surface area contributed by atoms with Crippen LogP contribution in [0, 0.1) is 11.3 Å². The molecular formula is C22H31N3O3. The zero-order valence-corrected chi connectivity index (χ0v) is 16.9. The summed E-state index contributed by atoms with van der Waals surface area (Å²) in [7, 11) is 0. The van der Waals surface area contributed by atoms with Crippen LogP contribution in [0.4, 0.5) is 4.79 Å². The summed E-state index contributed by atoms with van der Waals surface area (Å²) >= 11 is 0. The highest BCUT2D eigenvalue weighted by Gasteiger charge is 2.31. The number of rotatable bonds is 9. The second-order valence-corrected chi connectivity index (χ2v) is 7.26. The number of nitrogens with one attached hydrogen (secondary N) is 1. The summed E-state index contributed by atoms with van der Waals surface area (Å²) in [6.07, 6.45) is 5.87. The average molecular weight is 386 g/mol. The van der Waals surface area contributed by atoms with Gasteiger partial charge < -0.3 is 15.0 Å². The molecule has 0 radical (unpaired) electrons. The number of hydrogen-bond acceptors (Lipinski definition) is 4. The third kappa shape index (κ3) is 6.26. The number of ether oxygens (including phenoxy) is 1. The molecule has 2 amide bonds. The molecule has 0 bridgehead atoms. The van der Waals surface area contributed by atoms with Crippen molar-refractivity contribution in [3.8, 4) is 6.07 Å². The number of alkyl carbamates (subject to hydrolysis) is 1. The Morgan fingerprint density at radius 2 is 1.93 bits per heavy atom. The highest BCUT2D eigenvalue weighted by Crippen LogP contribution is 2.24. The molecule has 152 valence electrons. The lowest BCUT2D eigenvalue weighted by Gasteiger charge is -2.31. The van der Waals surface area contributed by atoms with E-state index in [0.29, 0.717) is 25.1 Å². The number of unbranched alkanes of at least 4 members (excludes halogenated alkanes) is 1. The Morgan fingerprint density at radius 1 is 1.25 bits per heavy atom. The minimum atomic E-state index is -0.678. The average Bonchev–Trinajstić information content (AvgIpc) is 3.23. The Balaban J connectivity index is 2.12. The summed E-state index contributed by atoms with van der Waals surface area (Å²) in [4.78, 5) is 27.4. The first-order valence-corrected chi connectivity index (χ1v) is 10.3. The number of nitrogens with zero attached hydrogens (tertiary/aromatic N) is 2. The second kappa shape index (κ2) is 11.3. The minimum absolute atomic E-state index is 0.0637. The molecule has 1 aliphatic carbocycles. The van der Waals surface area contributed by atoms with E-state index in [4.69, 9.17) is 10.00 Å². The SMILES string of the molecule is CCCCOC(=O)N[C@@H](Cc1ccc(C#N)cc1)C(=O)N(CC)C1CCCC1. The quantitative estimate of drug-likeness (QED) is 0.656. The van der Waals surface area contributed by atoms with Crippen LogP contribution in [0.3, 0.4) is 0 Å². The van der Waals surface area contributed by atoms with Gasteiger partial charge in [0.25, 0.3) is 0 Å². The van der Waals surface area contributed by atoms with Gasteiger partial charge in [-0.1, -0.05) is 38.3 Å². The summed E-state index contributed by atoms with van der Waals surface area (Å²) in [5.41, 5.74) is 1.47. The predicted octanol–water partition coefficient (Wildman–Crippen LogP) is 3.79. The largest absolute Gasteiger partial charge is 0.450 e. The van der Waals surface area contributed by atoms with E-state index < -0.39 is 12.1 Å². The van der Waals surface area contributed by atoms with Gasteiger partial charge in [0.15, 0.2) is 0 Å². The van der Waals surface area contributed by atoms with E-state index in [9.17, 15) is 9.59 Å². The molecule has 0 saturated heterocycles. The molecule has 0 aliphatic heterocycles. The number of nitriles is 1. The van der Waals surface area contributed by atoms with Crippen molar-refractivity contribution in [2.45, 2.75) is 70.9 Å². The van der Waals surface area contributed by atoms with Crippen LogP contribution in [0.15, 0.2) is 24.3 Å². The van der Waals surface area contributed by atoms with Crippen molar-refractivity contribution in [1.29, 1.82) is 5.26 Å². The fraction of sp³-hybridized carbons (Fsp3) is 0.591. The molecule has 28 heavy (non-hydrogen) atoms. The van der Waals surface area contributed by atoms with E-state index in [0.717, 1.165) is 44.1 Å². The van der Waals surface area contributed by atoms with Crippen molar-refractivity contribution in [3.05, 3.63) is 35.4 Å². The molecule has 1 saturated carbocycles. The first kappa shape index (κ1) is 21.7. The van der Waals surface area contributed by atoms with Crippen molar-refractivity contribution < 1.29 is 14.3 Å². The molecule has 1 aromatic carbocycles. The molecule has 0 aromatic heterocycles. The highest BCUT2D eigenvalue weighted by molar-refractivity contribution is 5.86. The van der Waals surface area contributed by atoms with Crippen LogP contribution in [0.1, 0.15) is 63.5 Å². The third-order valence-corrected chi connectivity index (χ3v) is 5.23. The van der Waals surface area contributed by atoms with Crippen LogP contribution in [0.2, 0.25) is 0 Å². The molecule has 0 unspecified atom stereocenters. The van der Waals surface area contributed by atoms with Crippen LogP contribution in [-0.4, -0.2) is 42.1 Å². The maximum atomic E-state index is 13.3. The zero-order chi connectivity index (χ0) is 20.4. The standard InChI is InChI=1S/C22H31N3O3/c1-3-5-14-28-22(27)24-20(15-17-10-12-18(16-23)13-11-17)21(26)25(4-2)19-8-6-7-9-19/h10-13,19-20H,3-9,14-15H2,1-2H3,(H,24,27)/t20-/m0/s1. The van der Waals surface area contributed by atoms with Crippen molar-refractivity contribution in [2.24, 2.45) is 0 Å². The molecule has 1 N–H and O–H groups in total. The summed E-state index contributed by atoms with van der Waals surface area (Å²) in [6.45, 7) is 4.98. The normalized spacial score (nSPS) is 14.9. The maximum absolute atomic E-state index is 13.3. The highest BCUT2D eigenvalue weighted by atomic mass is 16.5. The number of carbonyl (C=O) groups excluding carboxylic acids is 2. The predicted molar refractivity (Wildman–Crippen MR) is 108 cm³/mol. The van der Waals surface area contributed by atoms with Gasteiger partial charge in [0.2, 0.25) is 5.91 Å². The molecule has 6 heteroatoms. The van der Waals surface area contributed by atoms with Gasteiger partial charge in [0.05, 0.1) is 18.2 Å². The first-order valence-electron chi connectivity index (χ1n) is 10.3. The smallest absolute Gasteiger partial charge is 0.407 e. The Bertz CT molecular complexity index is 675. The van der Waals surface area contributed by atoms with Gasteiger partial charge in [0, 0.05) is 19.0 Å². The van der Waals surface area contributed by atoms with E-state index in [1.54, 1.807) is 12.1 Å². The Labute approximate surface area is 167 Å². The molecule has 1 aliphatic rings. The lowest BCUT2D eigenvalue weighted by atomic mass is 10.0. The van der Waals surface area contributed by atoms with E-state index in [2.05, 4.69) is 11.4 Å². The number of amides is 2. The molecule has 6 nitrogen and oxygen atoms in total. The van der Waals surface area contributed by atoms with Gasteiger partial charge in [-0.25, -0.2) is 4.79 Å². The monoisotopic (exact) mass is 385 g/mol. The number of likely N-dealkylation sites (N-methyl/N-ethyl adjacent to an activating group) is 1. The van der Waals surface area contributed by atoms with E-state index in [1.165, 1.54) is 0 Å². The van der Waals surface area contributed by atoms with Crippen LogP contribution in [0.25, 0.3) is 0 Å². The van der Waals surface area contributed by atoms with Crippen molar-refractivity contribution in [2.75, 3.05) is 13.2 Å². The number of benzene rings is 1. The molecule has 1 atom stereocenters. The van der Waals surface area contributed by atoms with E-state index in [-0.39, 0.29) is 11.9 Å². The van der Waals surface area contributed by atoms with Crippen LogP contribution in [-0.2, 0) is 16.0 Å². The number of carbonyl (C=O) groups is 2. The Morgan fingerprint density at radius 3 is 2.50 bits per heavy atom. The molecule has 1 fully saturated rings. The van der Waals surface area contributed by atoms with Gasteiger partial charge in [-0.05, 0) is 43.9 Å². The molecule has 0 spiro atoms. The fourth-order valence-electron chi connectivity index (χ4n) is 3.65. The second-order valence-electron chi connectivity index (χ2n) is 7.26. The fourth-order valence-corrected chi connectivity index (χ4v) is 3.65. The lowest BCUT2D eigenvalue weighted by Crippen LogP contribution is -2.52. The van der Waals surface area contributed by atoms with Gasteiger partial charge in [-0.3, -0.25) is 4.79 Å². The zero-order valence-electron chi connectivity index (χ0n) is 16.9. The van der Waals surface area contributed by atoms with Gasteiger partial charge in [-0.2, -0.15) is 5.26 Å². The van der Waals surface area contributed by atoms with Crippen LogP contribution < -0.4 is 5.32 Å². The third-order valence-electron chi connectivity index (χ3n) is 5.23. The Hall–Kier alpha value is -2.55. The lowest BCUT2D eigenvalue weighted by molar-refractivity contribution is -0.135.